The third kappa shape index (κ3) is 5.37. The molecule has 35 heavy (non-hydrogen) atoms. The molecule has 6 atom stereocenters. The molecule has 2 bridgehead atoms. The molecule has 3 heterocycles. The molecule has 3 aliphatic heterocycles. The molecule has 0 saturated carbocycles. The monoisotopic (exact) mass is 570 g/mol. The zero-order chi connectivity index (χ0) is 25.8. The molecule has 196 valence electrons. The van der Waals surface area contributed by atoms with E-state index in [4.69, 9.17) is 4.74 Å². The Hall–Kier alpha value is -1.32. The van der Waals surface area contributed by atoms with Gasteiger partial charge in [-0.05, 0) is 52.4 Å². The molecule has 3 aliphatic rings. The number of nitrogens with zero attached hydrogens (tertiary/aromatic N) is 2. The van der Waals surface area contributed by atoms with Gasteiger partial charge in [0.25, 0.3) is 0 Å². The standard InChI is InChI=1S/C26H39BrN2O5S/c1-5-7-11-15-34-25(33)19-20-23(31)29(13-9-8-10-14-30)22(24(32)28(12-6-2)17(3)4)26(20)16-18(27)21(19)35-26/h5-6,17-22,30H,1-2,7-16H2,3-4H3/t18?,19-,20+,21-,22?,26?/m1/s1. The van der Waals surface area contributed by atoms with Gasteiger partial charge >= 0.3 is 5.97 Å². The number of fused-ring (bicyclic) bond motifs is 1. The second kappa shape index (κ2) is 12.3. The predicted octanol–water partition coefficient (Wildman–Crippen LogP) is 3.55. The van der Waals surface area contributed by atoms with Crippen molar-refractivity contribution >= 4 is 45.5 Å². The smallest absolute Gasteiger partial charge is 0.310 e. The number of halogens is 1. The number of allylic oxidation sites excluding steroid dienone is 1. The summed E-state index contributed by atoms with van der Waals surface area (Å²) in [7, 11) is 0. The lowest BCUT2D eigenvalue weighted by Gasteiger charge is -2.39. The number of alkyl halides is 1. The molecule has 9 heteroatoms. The first-order chi connectivity index (χ1) is 16.7. The minimum Gasteiger partial charge on any atom is -0.465 e. The van der Waals surface area contributed by atoms with Crippen molar-refractivity contribution in [1.29, 1.82) is 0 Å². The van der Waals surface area contributed by atoms with Gasteiger partial charge in [0.15, 0.2) is 0 Å². The van der Waals surface area contributed by atoms with Gasteiger partial charge in [-0.25, -0.2) is 0 Å². The summed E-state index contributed by atoms with van der Waals surface area (Å²) in [6, 6.07) is -0.679. The normalized spacial score (nSPS) is 31.1. The van der Waals surface area contributed by atoms with Crippen molar-refractivity contribution in [3.05, 3.63) is 25.3 Å². The lowest BCUT2D eigenvalue weighted by molar-refractivity contribution is -0.154. The van der Waals surface area contributed by atoms with E-state index in [0.717, 1.165) is 12.8 Å². The highest BCUT2D eigenvalue weighted by atomic mass is 79.9. The van der Waals surface area contributed by atoms with Crippen molar-refractivity contribution in [2.75, 3.05) is 26.3 Å². The van der Waals surface area contributed by atoms with Gasteiger partial charge in [-0.2, -0.15) is 0 Å². The Balaban J connectivity index is 1.94. The number of hydrogen-bond acceptors (Lipinski definition) is 6. The molecule has 0 radical (unpaired) electrons. The first-order valence-corrected chi connectivity index (χ1v) is 14.5. The van der Waals surface area contributed by atoms with Gasteiger partial charge in [0.2, 0.25) is 11.8 Å². The molecule has 3 rings (SSSR count). The number of carbonyl (C=O) groups excluding carboxylic acids is 3. The molecule has 0 aromatic rings. The van der Waals surface area contributed by atoms with Crippen LogP contribution in [0.1, 0.15) is 52.4 Å². The number of carbonyl (C=O) groups is 3. The molecule has 3 unspecified atom stereocenters. The molecule has 2 amide bonds. The third-order valence-electron chi connectivity index (χ3n) is 7.38. The van der Waals surface area contributed by atoms with E-state index in [1.807, 2.05) is 13.8 Å². The van der Waals surface area contributed by atoms with E-state index in [2.05, 4.69) is 29.1 Å². The van der Waals surface area contributed by atoms with E-state index >= 15 is 0 Å². The Morgan fingerprint density at radius 3 is 2.66 bits per heavy atom. The first kappa shape index (κ1) is 28.3. The zero-order valence-corrected chi connectivity index (χ0v) is 23.3. The maximum absolute atomic E-state index is 14.1. The summed E-state index contributed by atoms with van der Waals surface area (Å²) in [5.74, 6) is -1.67. The van der Waals surface area contributed by atoms with E-state index < -0.39 is 22.6 Å². The summed E-state index contributed by atoms with van der Waals surface area (Å²) >= 11 is 5.41. The second-order valence-corrected chi connectivity index (χ2v) is 12.7. The molecule has 0 aliphatic carbocycles. The fourth-order valence-electron chi connectivity index (χ4n) is 5.84. The maximum Gasteiger partial charge on any atom is 0.310 e. The third-order valence-corrected chi connectivity index (χ3v) is 10.6. The van der Waals surface area contributed by atoms with Crippen LogP contribution in [0.25, 0.3) is 0 Å². The van der Waals surface area contributed by atoms with Crippen LogP contribution in [-0.2, 0) is 19.1 Å². The number of hydrogen-bond donors (Lipinski definition) is 1. The molecule has 1 spiro atoms. The quantitative estimate of drug-likeness (QED) is 0.149. The SMILES string of the molecule is C=CCCCOC(=O)[C@H]1[C@@H]2SC3(CC2Br)C(C(=O)N(CC=C)C(C)C)N(CCCCCO)C(=O)[C@H]13. The van der Waals surface area contributed by atoms with E-state index in [-0.39, 0.29) is 40.5 Å². The van der Waals surface area contributed by atoms with Gasteiger partial charge in [0.1, 0.15) is 6.04 Å². The highest BCUT2D eigenvalue weighted by Gasteiger charge is 2.76. The van der Waals surface area contributed by atoms with Crippen molar-refractivity contribution in [3.8, 4) is 0 Å². The number of likely N-dealkylation sites (tertiary alicyclic amines) is 1. The van der Waals surface area contributed by atoms with Crippen LogP contribution in [0.3, 0.4) is 0 Å². The van der Waals surface area contributed by atoms with Gasteiger partial charge < -0.3 is 19.6 Å². The molecular formula is C26H39BrN2O5S. The van der Waals surface area contributed by atoms with Gasteiger partial charge in [-0.1, -0.05) is 28.1 Å². The number of aliphatic hydroxyl groups excluding tert-OH is 1. The summed E-state index contributed by atoms with van der Waals surface area (Å²) in [4.78, 5) is 44.8. The fraction of sp³-hybridized carbons (Fsp3) is 0.731. The predicted molar refractivity (Wildman–Crippen MR) is 142 cm³/mol. The molecule has 7 nitrogen and oxygen atoms in total. The average molecular weight is 572 g/mol. The van der Waals surface area contributed by atoms with Crippen LogP contribution >= 0.6 is 27.7 Å². The van der Waals surface area contributed by atoms with Crippen molar-refractivity contribution in [2.24, 2.45) is 11.8 Å². The van der Waals surface area contributed by atoms with E-state index in [1.165, 1.54) is 0 Å². The summed E-state index contributed by atoms with van der Waals surface area (Å²) < 4.78 is 4.96. The number of amides is 2. The Morgan fingerprint density at radius 1 is 1.29 bits per heavy atom. The van der Waals surface area contributed by atoms with Crippen LogP contribution < -0.4 is 0 Å². The molecule has 0 aromatic carbocycles. The number of rotatable bonds is 14. The minimum absolute atomic E-state index is 0.0267. The fourth-order valence-corrected chi connectivity index (χ4v) is 9.43. The van der Waals surface area contributed by atoms with Gasteiger partial charge in [-0.15, -0.1) is 24.9 Å². The van der Waals surface area contributed by atoms with Crippen LogP contribution in [0.2, 0.25) is 0 Å². The number of aliphatic hydroxyl groups is 1. The van der Waals surface area contributed by atoms with Crippen LogP contribution in [-0.4, -0.2) is 85.9 Å². The van der Waals surface area contributed by atoms with Crippen LogP contribution in [0.5, 0.6) is 0 Å². The van der Waals surface area contributed by atoms with E-state index in [9.17, 15) is 19.5 Å². The Kier molecular flexibility index (Phi) is 9.91. The minimum atomic E-state index is -0.664. The second-order valence-electron chi connectivity index (χ2n) is 9.95. The number of esters is 1. The zero-order valence-electron chi connectivity index (χ0n) is 20.9. The number of ether oxygens (including phenoxy) is 1. The van der Waals surface area contributed by atoms with Crippen molar-refractivity contribution in [3.63, 3.8) is 0 Å². The first-order valence-electron chi connectivity index (χ1n) is 12.7. The molecule has 0 aromatic heterocycles. The van der Waals surface area contributed by atoms with Crippen LogP contribution in [0, 0.1) is 11.8 Å². The molecule has 3 saturated heterocycles. The highest BCUT2D eigenvalue weighted by molar-refractivity contribution is 9.09. The topological polar surface area (TPSA) is 87.2 Å². The molecule has 3 fully saturated rings. The Bertz CT molecular complexity index is 824. The molecule has 1 N–H and O–H groups in total. The average Bonchev–Trinajstić information content (AvgIpc) is 3.40. The molecular weight excluding hydrogens is 532 g/mol. The van der Waals surface area contributed by atoms with E-state index in [1.54, 1.807) is 33.7 Å². The van der Waals surface area contributed by atoms with E-state index in [0.29, 0.717) is 45.4 Å². The summed E-state index contributed by atoms with van der Waals surface area (Å²) in [6.07, 6.45) is 7.74. The van der Waals surface area contributed by atoms with Gasteiger partial charge in [0, 0.05) is 35.8 Å². The maximum atomic E-state index is 14.1. The Labute approximate surface area is 221 Å². The van der Waals surface area contributed by atoms with Crippen molar-refractivity contribution < 1.29 is 24.2 Å². The van der Waals surface area contributed by atoms with Crippen LogP contribution in [0.15, 0.2) is 25.3 Å². The van der Waals surface area contributed by atoms with Gasteiger partial charge in [0.05, 0.1) is 23.2 Å². The van der Waals surface area contributed by atoms with Crippen molar-refractivity contribution in [2.45, 2.75) is 79.3 Å². The van der Waals surface area contributed by atoms with Crippen molar-refractivity contribution in [1.82, 2.24) is 9.80 Å². The largest absolute Gasteiger partial charge is 0.465 e. The number of thioether (sulfide) groups is 1. The summed E-state index contributed by atoms with van der Waals surface area (Å²) in [6.45, 7) is 12.7. The highest BCUT2D eigenvalue weighted by Crippen LogP contribution is 2.68. The van der Waals surface area contributed by atoms with Gasteiger partial charge in [-0.3, -0.25) is 14.4 Å². The number of unbranched alkanes of at least 4 members (excludes halogenated alkanes) is 3. The lowest BCUT2D eigenvalue weighted by Crippen LogP contribution is -2.56. The summed E-state index contributed by atoms with van der Waals surface area (Å²) in [5, 5.41) is 9.07. The lowest BCUT2D eigenvalue weighted by atomic mass is 9.71. The van der Waals surface area contributed by atoms with Crippen LogP contribution in [0.4, 0.5) is 0 Å². The Morgan fingerprint density at radius 2 is 2.03 bits per heavy atom. The summed E-state index contributed by atoms with van der Waals surface area (Å²) in [5.41, 5.74) is 0.